The van der Waals surface area contributed by atoms with Crippen molar-refractivity contribution in [1.82, 2.24) is 0 Å². The van der Waals surface area contributed by atoms with Gasteiger partial charge in [0.1, 0.15) is 0 Å². The Morgan fingerprint density at radius 1 is 1.11 bits per heavy atom. The highest BCUT2D eigenvalue weighted by atomic mass is 16.3. The third-order valence-corrected chi connectivity index (χ3v) is 2.06. The molecule has 3 N–H and O–H groups in total. The van der Waals surface area contributed by atoms with Gasteiger partial charge in [-0.05, 0) is 35.9 Å². The van der Waals surface area contributed by atoms with E-state index in [-0.39, 0.29) is 6.61 Å². The average molecular weight is 249 g/mol. The highest BCUT2D eigenvalue weighted by Crippen LogP contribution is 2.16. The molecule has 1 aromatic rings. The number of hydrogen-bond donors (Lipinski definition) is 2. The maximum atomic E-state index is 8.88. The van der Waals surface area contributed by atoms with E-state index in [1.807, 2.05) is 71.0 Å². The molecule has 0 unspecified atom stereocenters. The lowest BCUT2D eigenvalue weighted by molar-refractivity contribution is 0.282. The summed E-state index contributed by atoms with van der Waals surface area (Å²) < 4.78 is 0. The van der Waals surface area contributed by atoms with Crippen molar-refractivity contribution >= 4 is 5.57 Å². The van der Waals surface area contributed by atoms with Gasteiger partial charge in [0.25, 0.3) is 0 Å². The SMILES string of the molecule is C/C=C(\C=C/N)c1ccc(CO)cc1.CC.CC. The first kappa shape index (κ1) is 18.8. The first-order chi connectivity index (χ1) is 8.81. The Kier molecular flexibility index (Phi) is 14.1. The summed E-state index contributed by atoms with van der Waals surface area (Å²) in [6.45, 7) is 10.0. The van der Waals surface area contributed by atoms with Crippen LogP contribution in [0.25, 0.3) is 5.57 Å². The van der Waals surface area contributed by atoms with E-state index < -0.39 is 0 Å². The van der Waals surface area contributed by atoms with Crippen molar-refractivity contribution < 1.29 is 5.11 Å². The molecular weight excluding hydrogens is 222 g/mol. The Bertz CT molecular complexity index is 337. The Labute approximate surface area is 112 Å². The van der Waals surface area contributed by atoms with Gasteiger partial charge in [-0.3, -0.25) is 0 Å². The number of hydrogen-bond acceptors (Lipinski definition) is 2. The molecule has 0 aliphatic heterocycles. The molecule has 0 atom stereocenters. The van der Waals surface area contributed by atoms with Crippen LogP contribution in [0.3, 0.4) is 0 Å². The Balaban J connectivity index is 0. The van der Waals surface area contributed by atoms with E-state index in [4.69, 9.17) is 10.8 Å². The van der Waals surface area contributed by atoms with Gasteiger partial charge in [0.2, 0.25) is 0 Å². The molecule has 0 spiro atoms. The number of aliphatic hydroxyl groups excluding tert-OH is 1. The zero-order valence-electron chi connectivity index (χ0n) is 12.3. The van der Waals surface area contributed by atoms with Crippen molar-refractivity contribution in [3.63, 3.8) is 0 Å². The summed E-state index contributed by atoms with van der Waals surface area (Å²) in [5, 5.41) is 8.88. The van der Waals surface area contributed by atoms with Crippen molar-refractivity contribution in [3.8, 4) is 0 Å². The quantitative estimate of drug-likeness (QED) is 0.792. The monoisotopic (exact) mass is 249 g/mol. The van der Waals surface area contributed by atoms with Crippen molar-refractivity contribution in [3.05, 3.63) is 53.7 Å². The van der Waals surface area contributed by atoms with E-state index in [2.05, 4.69) is 0 Å². The van der Waals surface area contributed by atoms with E-state index in [0.717, 1.165) is 16.7 Å². The molecule has 0 heterocycles. The van der Waals surface area contributed by atoms with Gasteiger partial charge in [0, 0.05) is 0 Å². The van der Waals surface area contributed by atoms with Gasteiger partial charge in [-0.2, -0.15) is 0 Å². The second kappa shape index (κ2) is 13.5. The van der Waals surface area contributed by atoms with Gasteiger partial charge in [0.15, 0.2) is 0 Å². The standard InChI is InChI=1S/C12H15NO.2C2H6/c1-2-11(7-8-13)12-5-3-10(9-14)4-6-12;2*1-2/h2-8,14H,9,13H2,1H3;2*1-2H3/b8-7-,11-2+;;. The van der Waals surface area contributed by atoms with E-state index >= 15 is 0 Å². The molecule has 0 radical (unpaired) electrons. The molecule has 18 heavy (non-hydrogen) atoms. The lowest BCUT2D eigenvalue weighted by Gasteiger charge is -2.02. The maximum Gasteiger partial charge on any atom is 0.0681 e. The Morgan fingerprint density at radius 3 is 1.94 bits per heavy atom. The summed E-state index contributed by atoms with van der Waals surface area (Å²) >= 11 is 0. The van der Waals surface area contributed by atoms with Gasteiger partial charge in [-0.1, -0.05) is 58.0 Å². The third kappa shape index (κ3) is 6.92. The van der Waals surface area contributed by atoms with E-state index in [1.54, 1.807) is 0 Å². The van der Waals surface area contributed by atoms with Crippen LogP contribution in [0.5, 0.6) is 0 Å². The Hall–Kier alpha value is -1.54. The summed E-state index contributed by atoms with van der Waals surface area (Å²) in [5.41, 5.74) is 8.44. The summed E-state index contributed by atoms with van der Waals surface area (Å²) in [7, 11) is 0. The van der Waals surface area contributed by atoms with E-state index in [1.165, 1.54) is 6.20 Å². The van der Waals surface area contributed by atoms with Crippen LogP contribution in [0.1, 0.15) is 45.7 Å². The van der Waals surface area contributed by atoms with Gasteiger partial charge in [0.05, 0.1) is 6.61 Å². The van der Waals surface area contributed by atoms with Crippen LogP contribution in [-0.2, 0) is 6.61 Å². The summed E-state index contributed by atoms with van der Waals surface area (Å²) in [6, 6.07) is 7.76. The largest absolute Gasteiger partial charge is 0.405 e. The van der Waals surface area contributed by atoms with Gasteiger partial charge >= 0.3 is 0 Å². The molecule has 0 aliphatic carbocycles. The summed E-state index contributed by atoms with van der Waals surface area (Å²) in [5.74, 6) is 0. The van der Waals surface area contributed by atoms with Crippen LogP contribution in [-0.4, -0.2) is 5.11 Å². The predicted octanol–water partition coefficient (Wildman–Crippen LogP) is 4.11. The molecule has 1 aromatic carbocycles. The predicted molar refractivity (Wildman–Crippen MR) is 82.0 cm³/mol. The third-order valence-electron chi connectivity index (χ3n) is 2.06. The van der Waals surface area contributed by atoms with E-state index in [9.17, 15) is 0 Å². The van der Waals surface area contributed by atoms with Crippen LogP contribution in [0.2, 0.25) is 0 Å². The smallest absolute Gasteiger partial charge is 0.0681 e. The van der Waals surface area contributed by atoms with Crippen LogP contribution >= 0.6 is 0 Å². The van der Waals surface area contributed by atoms with Crippen molar-refractivity contribution in [1.29, 1.82) is 0 Å². The molecule has 0 amide bonds. The second-order valence-electron chi connectivity index (χ2n) is 2.96. The highest BCUT2D eigenvalue weighted by Gasteiger charge is 1.96. The molecular formula is C16H27NO. The Morgan fingerprint density at radius 2 is 1.61 bits per heavy atom. The van der Waals surface area contributed by atoms with E-state index in [0.29, 0.717) is 0 Å². The molecule has 0 aliphatic rings. The molecule has 102 valence electrons. The fourth-order valence-electron chi connectivity index (χ4n) is 1.27. The fraction of sp³-hybridized carbons (Fsp3) is 0.375. The minimum Gasteiger partial charge on any atom is -0.405 e. The van der Waals surface area contributed by atoms with Crippen LogP contribution in [0.4, 0.5) is 0 Å². The van der Waals surface area contributed by atoms with Crippen LogP contribution in [0, 0.1) is 0 Å². The molecule has 2 heteroatoms. The number of aliphatic hydroxyl groups is 1. The molecule has 0 saturated heterocycles. The first-order valence-corrected chi connectivity index (χ1v) is 6.56. The second-order valence-corrected chi connectivity index (χ2v) is 2.96. The fourth-order valence-corrected chi connectivity index (χ4v) is 1.27. The first-order valence-electron chi connectivity index (χ1n) is 6.56. The minimum absolute atomic E-state index is 0.0815. The number of benzene rings is 1. The normalized spacial score (nSPS) is 10.2. The van der Waals surface area contributed by atoms with Crippen LogP contribution in [0.15, 0.2) is 42.6 Å². The van der Waals surface area contributed by atoms with Gasteiger partial charge in [-0.15, -0.1) is 0 Å². The topological polar surface area (TPSA) is 46.2 Å². The molecule has 0 aromatic heterocycles. The van der Waals surface area contributed by atoms with Crippen molar-refractivity contribution in [2.24, 2.45) is 5.73 Å². The molecule has 0 bridgehead atoms. The van der Waals surface area contributed by atoms with Gasteiger partial charge in [-0.25, -0.2) is 0 Å². The molecule has 0 saturated carbocycles. The van der Waals surface area contributed by atoms with Crippen molar-refractivity contribution in [2.75, 3.05) is 0 Å². The minimum atomic E-state index is 0.0815. The molecule has 1 rings (SSSR count). The highest BCUT2D eigenvalue weighted by molar-refractivity contribution is 5.73. The summed E-state index contributed by atoms with van der Waals surface area (Å²) in [6.07, 6.45) is 5.38. The lowest BCUT2D eigenvalue weighted by atomic mass is 10.0. The molecule has 0 fully saturated rings. The summed E-state index contributed by atoms with van der Waals surface area (Å²) in [4.78, 5) is 0. The zero-order chi connectivity index (χ0) is 14.4. The number of allylic oxidation sites excluding steroid dienone is 3. The maximum absolute atomic E-state index is 8.88. The molecule has 2 nitrogen and oxygen atoms in total. The van der Waals surface area contributed by atoms with Gasteiger partial charge < -0.3 is 10.8 Å². The number of nitrogens with two attached hydrogens (primary N) is 1. The van der Waals surface area contributed by atoms with Crippen molar-refractivity contribution in [2.45, 2.75) is 41.2 Å². The number of rotatable bonds is 3. The average Bonchev–Trinajstić information content (AvgIpc) is 2.49. The van der Waals surface area contributed by atoms with Crippen LogP contribution < -0.4 is 5.73 Å². The zero-order valence-corrected chi connectivity index (χ0v) is 12.3. The lowest BCUT2D eigenvalue weighted by Crippen LogP contribution is -1.86.